The molecule has 0 aromatic heterocycles. The van der Waals surface area contributed by atoms with Crippen molar-refractivity contribution in [2.45, 2.75) is 62.6 Å². The first-order chi connectivity index (χ1) is 22.1. The number of aryl methyl sites for hydroxylation is 1. The molecule has 0 radical (unpaired) electrons. The van der Waals surface area contributed by atoms with Gasteiger partial charge in [0.05, 0.1) is 15.6 Å². The Labute approximate surface area is 281 Å². The van der Waals surface area contributed by atoms with Crippen LogP contribution in [-0.2, 0) is 32.6 Å². The molecule has 10 heteroatoms. The van der Waals surface area contributed by atoms with E-state index < -0.39 is 28.5 Å². The molecule has 0 aliphatic heterocycles. The molecule has 46 heavy (non-hydrogen) atoms. The summed E-state index contributed by atoms with van der Waals surface area (Å²) < 4.78 is 29.4. The molecule has 0 bridgehead atoms. The molecule has 2 amide bonds. The molecule has 1 atom stereocenters. The third-order valence-electron chi connectivity index (χ3n) is 8.23. The van der Waals surface area contributed by atoms with Crippen molar-refractivity contribution < 1.29 is 18.0 Å². The van der Waals surface area contributed by atoms with Crippen LogP contribution >= 0.6 is 23.2 Å². The van der Waals surface area contributed by atoms with E-state index in [-0.39, 0.29) is 45.5 Å². The van der Waals surface area contributed by atoms with Gasteiger partial charge in [-0.2, -0.15) is 0 Å². The van der Waals surface area contributed by atoms with E-state index in [2.05, 4.69) is 5.32 Å². The summed E-state index contributed by atoms with van der Waals surface area (Å²) in [6.45, 7) is 1.35. The van der Waals surface area contributed by atoms with Gasteiger partial charge in [0.25, 0.3) is 10.0 Å². The van der Waals surface area contributed by atoms with Gasteiger partial charge in [-0.3, -0.25) is 13.9 Å². The fraction of sp³-hybridized carbons (Fsp3) is 0.278. The van der Waals surface area contributed by atoms with Crippen molar-refractivity contribution in [1.82, 2.24) is 10.2 Å². The standard InChI is InChI=1S/C36H37Cl2N3O4S/c1-26-16-19-31(20-17-26)46(44,45)41(33-23-29(37)18-21-32(33)38)25-35(42)40(24-28-12-6-3-7-13-28)34(22-27-10-4-2-5-11-27)36(43)39-30-14-8-9-15-30/h2-7,10-13,16-21,23,30,34H,8-9,14-15,22,24-25H2,1H3,(H,39,43)/t34-/m0/s1. The second kappa shape index (κ2) is 15.2. The minimum absolute atomic E-state index is 0.00337. The Balaban J connectivity index is 1.58. The zero-order chi connectivity index (χ0) is 32.7. The SMILES string of the molecule is Cc1ccc(S(=O)(=O)N(CC(=O)N(Cc2ccccc2)[C@@H](Cc2ccccc2)C(=O)NC2CCCC2)c2cc(Cl)ccc2Cl)cc1. The lowest BCUT2D eigenvalue weighted by Gasteiger charge is -2.34. The molecule has 0 unspecified atom stereocenters. The van der Waals surface area contributed by atoms with Gasteiger partial charge in [-0.1, -0.05) is 114 Å². The van der Waals surface area contributed by atoms with E-state index in [0.29, 0.717) is 0 Å². The molecule has 1 fully saturated rings. The lowest BCUT2D eigenvalue weighted by Crippen LogP contribution is -2.54. The number of nitrogens with zero attached hydrogens (tertiary/aromatic N) is 2. The molecule has 1 aliphatic carbocycles. The molecular formula is C36H37Cl2N3O4S. The van der Waals surface area contributed by atoms with Gasteiger partial charge in [-0.25, -0.2) is 8.42 Å². The summed E-state index contributed by atoms with van der Waals surface area (Å²) in [6, 6.07) is 28.8. The van der Waals surface area contributed by atoms with Crippen LogP contribution in [0.1, 0.15) is 42.4 Å². The predicted octanol–water partition coefficient (Wildman–Crippen LogP) is 7.20. The molecule has 1 aliphatic rings. The average molecular weight is 679 g/mol. The molecule has 4 aromatic rings. The van der Waals surface area contributed by atoms with Gasteiger partial charge in [-0.05, 0) is 61.2 Å². The molecule has 0 saturated heterocycles. The topological polar surface area (TPSA) is 86.8 Å². The summed E-state index contributed by atoms with van der Waals surface area (Å²) in [5.41, 5.74) is 2.63. The molecule has 5 rings (SSSR count). The van der Waals surface area contributed by atoms with Crippen LogP contribution in [0.3, 0.4) is 0 Å². The third-order valence-corrected chi connectivity index (χ3v) is 10.6. The van der Waals surface area contributed by atoms with Gasteiger partial charge in [0, 0.05) is 24.0 Å². The summed E-state index contributed by atoms with van der Waals surface area (Å²) in [6.07, 6.45) is 4.08. The number of benzene rings is 4. The minimum atomic E-state index is -4.29. The van der Waals surface area contributed by atoms with Crippen LogP contribution < -0.4 is 9.62 Å². The highest BCUT2D eigenvalue weighted by Gasteiger charge is 2.36. The number of amides is 2. The quantitative estimate of drug-likeness (QED) is 0.172. The lowest BCUT2D eigenvalue weighted by molar-refractivity contribution is -0.140. The number of anilines is 1. The van der Waals surface area contributed by atoms with Crippen molar-refractivity contribution in [3.05, 3.63) is 130 Å². The zero-order valence-electron chi connectivity index (χ0n) is 25.6. The van der Waals surface area contributed by atoms with E-state index in [1.807, 2.05) is 67.6 Å². The number of carbonyl (C=O) groups is 2. The number of halogens is 2. The first kappa shape index (κ1) is 33.5. The van der Waals surface area contributed by atoms with Crippen LogP contribution in [0.2, 0.25) is 10.0 Å². The van der Waals surface area contributed by atoms with Crippen LogP contribution in [0, 0.1) is 6.92 Å². The number of rotatable bonds is 12. The van der Waals surface area contributed by atoms with Gasteiger partial charge in [0.1, 0.15) is 12.6 Å². The molecule has 0 spiro atoms. The fourth-order valence-corrected chi connectivity index (χ4v) is 7.59. The van der Waals surface area contributed by atoms with E-state index in [4.69, 9.17) is 23.2 Å². The number of sulfonamides is 1. The van der Waals surface area contributed by atoms with Crippen LogP contribution in [0.5, 0.6) is 0 Å². The van der Waals surface area contributed by atoms with E-state index >= 15 is 0 Å². The molecule has 1 N–H and O–H groups in total. The molecule has 4 aromatic carbocycles. The van der Waals surface area contributed by atoms with Crippen molar-refractivity contribution in [1.29, 1.82) is 0 Å². The van der Waals surface area contributed by atoms with E-state index in [0.717, 1.165) is 46.7 Å². The van der Waals surface area contributed by atoms with Gasteiger partial charge >= 0.3 is 0 Å². The average Bonchev–Trinajstić information content (AvgIpc) is 3.57. The normalized spacial score (nSPS) is 14.1. The smallest absolute Gasteiger partial charge is 0.264 e. The highest BCUT2D eigenvalue weighted by atomic mass is 35.5. The first-order valence-corrected chi connectivity index (χ1v) is 17.5. The summed E-state index contributed by atoms with van der Waals surface area (Å²) >= 11 is 12.9. The number of nitrogens with one attached hydrogen (secondary N) is 1. The highest BCUT2D eigenvalue weighted by Crippen LogP contribution is 2.33. The Hall–Kier alpha value is -3.85. The second-order valence-electron chi connectivity index (χ2n) is 11.6. The minimum Gasteiger partial charge on any atom is -0.352 e. The number of carbonyl (C=O) groups excluding carboxylic acids is 2. The maximum atomic E-state index is 14.6. The molecular weight excluding hydrogens is 641 g/mol. The van der Waals surface area contributed by atoms with Gasteiger partial charge < -0.3 is 10.2 Å². The van der Waals surface area contributed by atoms with E-state index in [9.17, 15) is 18.0 Å². The Kier molecular flexibility index (Phi) is 11.0. The number of hydrogen-bond acceptors (Lipinski definition) is 4. The van der Waals surface area contributed by atoms with Gasteiger partial charge in [-0.15, -0.1) is 0 Å². The predicted molar refractivity (Wildman–Crippen MR) is 183 cm³/mol. The maximum Gasteiger partial charge on any atom is 0.264 e. The monoisotopic (exact) mass is 677 g/mol. The van der Waals surface area contributed by atoms with Crippen molar-refractivity contribution >= 4 is 50.7 Å². The lowest BCUT2D eigenvalue weighted by atomic mass is 10.0. The summed E-state index contributed by atoms with van der Waals surface area (Å²) in [5.74, 6) is -0.827. The Morgan fingerprint density at radius 1 is 0.848 bits per heavy atom. The summed E-state index contributed by atoms with van der Waals surface area (Å²) in [5, 5.41) is 3.55. The molecule has 0 heterocycles. The zero-order valence-corrected chi connectivity index (χ0v) is 27.9. The molecule has 240 valence electrons. The van der Waals surface area contributed by atoms with Crippen molar-refractivity contribution in [2.24, 2.45) is 0 Å². The van der Waals surface area contributed by atoms with Gasteiger partial charge in [0.2, 0.25) is 11.8 Å². The van der Waals surface area contributed by atoms with E-state index in [1.165, 1.54) is 29.2 Å². The third kappa shape index (κ3) is 8.29. The summed E-state index contributed by atoms with van der Waals surface area (Å²) in [4.78, 5) is 30.2. The Bertz CT molecular complexity index is 1750. The van der Waals surface area contributed by atoms with Crippen LogP contribution in [0.4, 0.5) is 5.69 Å². The molecule has 1 saturated carbocycles. The fourth-order valence-electron chi connectivity index (χ4n) is 5.73. The largest absolute Gasteiger partial charge is 0.352 e. The summed E-state index contributed by atoms with van der Waals surface area (Å²) in [7, 11) is -4.29. The van der Waals surface area contributed by atoms with Crippen molar-refractivity contribution in [3.63, 3.8) is 0 Å². The van der Waals surface area contributed by atoms with E-state index in [1.54, 1.807) is 18.2 Å². The van der Waals surface area contributed by atoms with Gasteiger partial charge in [0.15, 0.2) is 0 Å². The Morgan fingerprint density at radius 2 is 1.46 bits per heavy atom. The van der Waals surface area contributed by atoms with Crippen LogP contribution in [0.25, 0.3) is 0 Å². The maximum absolute atomic E-state index is 14.6. The second-order valence-corrected chi connectivity index (χ2v) is 14.3. The highest BCUT2D eigenvalue weighted by molar-refractivity contribution is 7.92. The first-order valence-electron chi connectivity index (χ1n) is 15.3. The van der Waals surface area contributed by atoms with Crippen LogP contribution in [-0.4, -0.2) is 43.8 Å². The number of hydrogen-bond donors (Lipinski definition) is 1. The van der Waals surface area contributed by atoms with Crippen molar-refractivity contribution in [3.8, 4) is 0 Å². The van der Waals surface area contributed by atoms with Crippen molar-refractivity contribution in [2.75, 3.05) is 10.8 Å². The molecule has 7 nitrogen and oxygen atoms in total. The van der Waals surface area contributed by atoms with Crippen LogP contribution in [0.15, 0.2) is 108 Å². The Morgan fingerprint density at radius 3 is 2.09 bits per heavy atom.